The molecule has 0 spiro atoms. The van der Waals surface area contributed by atoms with Gasteiger partial charge in [-0.2, -0.15) is 0 Å². The van der Waals surface area contributed by atoms with Crippen molar-refractivity contribution >= 4 is 17.7 Å². The van der Waals surface area contributed by atoms with Crippen molar-refractivity contribution in [3.05, 3.63) is 11.6 Å². The van der Waals surface area contributed by atoms with Crippen LogP contribution in [-0.4, -0.2) is 55.4 Å². The zero-order chi connectivity index (χ0) is 18.3. The number of rotatable bonds is 3. The maximum Gasteiger partial charge on any atom is 0.243 e. The summed E-state index contributed by atoms with van der Waals surface area (Å²) in [5, 5.41) is 8.56. The van der Waals surface area contributed by atoms with E-state index in [0.717, 1.165) is 30.9 Å². The van der Waals surface area contributed by atoms with Crippen LogP contribution in [0, 0.1) is 23.7 Å². The summed E-state index contributed by atoms with van der Waals surface area (Å²) < 4.78 is 2.13. The summed E-state index contributed by atoms with van der Waals surface area (Å²) in [6.07, 6.45) is 5.46. The summed E-state index contributed by atoms with van der Waals surface area (Å²) in [7, 11) is 0. The van der Waals surface area contributed by atoms with Crippen molar-refractivity contribution in [3.63, 3.8) is 0 Å². The molecule has 1 aromatic heterocycles. The van der Waals surface area contributed by atoms with Crippen molar-refractivity contribution in [2.24, 2.45) is 23.7 Å². The topological polar surface area (TPSA) is 88.4 Å². The molecule has 0 N–H and O–H groups in total. The van der Waals surface area contributed by atoms with Crippen molar-refractivity contribution in [3.8, 4) is 0 Å². The van der Waals surface area contributed by atoms with Crippen molar-refractivity contribution < 1.29 is 14.4 Å². The number of carbonyl (C=O) groups excluding carboxylic acids is 3. The van der Waals surface area contributed by atoms with E-state index < -0.39 is 0 Å². The van der Waals surface area contributed by atoms with Gasteiger partial charge >= 0.3 is 0 Å². The Morgan fingerprint density at radius 2 is 1.67 bits per heavy atom. The molecular weight excluding hydrogens is 346 g/mol. The molecule has 3 heterocycles. The molecule has 3 amide bonds. The third kappa shape index (κ3) is 2.18. The van der Waals surface area contributed by atoms with Gasteiger partial charge in [-0.3, -0.25) is 19.3 Å². The third-order valence-corrected chi connectivity index (χ3v) is 7.39. The van der Waals surface area contributed by atoms with E-state index in [0.29, 0.717) is 37.4 Å². The molecule has 4 fully saturated rings. The van der Waals surface area contributed by atoms with Gasteiger partial charge in [0.25, 0.3) is 0 Å². The Morgan fingerprint density at radius 3 is 2.33 bits per heavy atom. The molecule has 3 saturated carbocycles. The fourth-order valence-corrected chi connectivity index (χ4v) is 5.90. The fraction of sp³-hybridized carbons (Fsp3) is 0.737. The SMILES string of the molecule is O=C(CN1C(=O)[C@@H]2[C@@H]3CC[C@@H](C3)[C@@H]2C1=O)N1CCn2c(nnc2C2CC2)C1. The Bertz CT molecular complexity index is 832. The van der Waals surface area contributed by atoms with Crippen LogP contribution < -0.4 is 0 Å². The number of nitrogens with zero attached hydrogens (tertiary/aromatic N) is 5. The number of hydrogen-bond acceptors (Lipinski definition) is 5. The van der Waals surface area contributed by atoms with Crippen LogP contribution in [0.3, 0.4) is 0 Å². The Hall–Kier alpha value is -2.25. The van der Waals surface area contributed by atoms with Gasteiger partial charge in [-0.1, -0.05) is 0 Å². The lowest BCUT2D eigenvalue weighted by Gasteiger charge is -2.29. The van der Waals surface area contributed by atoms with E-state index in [2.05, 4.69) is 14.8 Å². The Morgan fingerprint density at radius 1 is 0.963 bits per heavy atom. The minimum absolute atomic E-state index is 0.109. The number of hydrogen-bond donors (Lipinski definition) is 0. The lowest BCUT2D eigenvalue weighted by atomic mass is 9.81. The molecule has 1 aromatic rings. The van der Waals surface area contributed by atoms with E-state index in [1.807, 2.05) is 0 Å². The van der Waals surface area contributed by atoms with E-state index in [-0.39, 0.29) is 36.1 Å². The average Bonchev–Trinajstić information content (AvgIpc) is 3.04. The fourth-order valence-electron chi connectivity index (χ4n) is 5.90. The van der Waals surface area contributed by atoms with Gasteiger partial charge in [0.2, 0.25) is 17.7 Å². The summed E-state index contributed by atoms with van der Waals surface area (Å²) in [6.45, 7) is 1.57. The molecule has 8 heteroatoms. The summed E-state index contributed by atoms with van der Waals surface area (Å²) in [5.41, 5.74) is 0. The van der Waals surface area contributed by atoms with Gasteiger partial charge in [-0.05, 0) is 43.9 Å². The van der Waals surface area contributed by atoms with Gasteiger partial charge in [0, 0.05) is 19.0 Å². The first-order valence-electron chi connectivity index (χ1n) is 10.2. The lowest BCUT2D eigenvalue weighted by molar-refractivity contribution is -0.147. The van der Waals surface area contributed by atoms with E-state index in [1.54, 1.807) is 4.90 Å². The van der Waals surface area contributed by atoms with Crippen LogP contribution in [0.15, 0.2) is 0 Å². The normalized spacial score (nSPS) is 34.4. The molecular formula is C19H23N5O3. The smallest absolute Gasteiger partial charge is 0.243 e. The van der Waals surface area contributed by atoms with Gasteiger partial charge in [0.05, 0.1) is 18.4 Å². The zero-order valence-electron chi connectivity index (χ0n) is 15.2. The molecule has 8 nitrogen and oxygen atoms in total. The summed E-state index contributed by atoms with van der Waals surface area (Å²) >= 11 is 0. The molecule has 2 aliphatic heterocycles. The number of amides is 3. The van der Waals surface area contributed by atoms with Crippen LogP contribution in [0.1, 0.15) is 49.7 Å². The van der Waals surface area contributed by atoms with E-state index in [9.17, 15) is 14.4 Å². The third-order valence-electron chi connectivity index (χ3n) is 7.39. The van der Waals surface area contributed by atoms with Crippen molar-refractivity contribution in [1.82, 2.24) is 24.6 Å². The molecule has 0 radical (unpaired) electrons. The molecule has 2 bridgehead atoms. The largest absolute Gasteiger partial charge is 0.332 e. The minimum atomic E-state index is -0.161. The quantitative estimate of drug-likeness (QED) is 0.725. The zero-order valence-corrected chi connectivity index (χ0v) is 15.2. The molecule has 0 unspecified atom stereocenters. The highest BCUT2D eigenvalue weighted by Gasteiger charge is 2.61. The van der Waals surface area contributed by atoms with Crippen LogP contribution in [-0.2, 0) is 27.5 Å². The summed E-state index contributed by atoms with van der Waals surface area (Å²) in [4.78, 5) is 41.4. The van der Waals surface area contributed by atoms with Gasteiger partial charge in [0.15, 0.2) is 5.82 Å². The van der Waals surface area contributed by atoms with Gasteiger partial charge < -0.3 is 9.47 Å². The van der Waals surface area contributed by atoms with Gasteiger partial charge in [-0.15, -0.1) is 10.2 Å². The highest BCUT2D eigenvalue weighted by molar-refractivity contribution is 6.08. The Balaban J connectivity index is 1.16. The second-order valence-electron chi connectivity index (χ2n) is 8.86. The number of carbonyl (C=O) groups is 3. The molecule has 27 heavy (non-hydrogen) atoms. The number of imide groups is 1. The maximum absolute atomic E-state index is 12.8. The van der Waals surface area contributed by atoms with Gasteiger partial charge in [0.1, 0.15) is 12.4 Å². The van der Waals surface area contributed by atoms with Crippen molar-refractivity contribution in [1.29, 1.82) is 0 Å². The van der Waals surface area contributed by atoms with E-state index in [4.69, 9.17) is 0 Å². The Kier molecular flexibility index (Phi) is 3.15. The second kappa shape index (κ2) is 5.39. The lowest BCUT2D eigenvalue weighted by Crippen LogP contribution is -2.46. The molecule has 5 aliphatic rings. The van der Waals surface area contributed by atoms with Crippen LogP contribution in [0.2, 0.25) is 0 Å². The molecule has 4 atom stereocenters. The summed E-state index contributed by atoms with van der Waals surface area (Å²) in [5.74, 6) is 2.40. The van der Waals surface area contributed by atoms with Crippen LogP contribution in [0.4, 0.5) is 0 Å². The Labute approximate surface area is 156 Å². The first kappa shape index (κ1) is 15.8. The van der Waals surface area contributed by atoms with Crippen molar-refractivity contribution in [2.45, 2.75) is 51.1 Å². The monoisotopic (exact) mass is 369 g/mol. The van der Waals surface area contributed by atoms with Gasteiger partial charge in [-0.25, -0.2) is 0 Å². The molecule has 0 aromatic carbocycles. The first-order valence-corrected chi connectivity index (χ1v) is 10.2. The predicted octanol–water partition coefficient (Wildman–Crippen LogP) is 0.529. The maximum atomic E-state index is 12.8. The van der Waals surface area contributed by atoms with E-state index in [1.165, 1.54) is 17.7 Å². The first-order chi connectivity index (χ1) is 13.1. The number of likely N-dealkylation sites (tertiary alicyclic amines) is 1. The molecule has 142 valence electrons. The van der Waals surface area contributed by atoms with Crippen LogP contribution >= 0.6 is 0 Å². The number of aromatic nitrogens is 3. The molecule has 1 saturated heterocycles. The summed E-state index contributed by atoms with van der Waals surface area (Å²) in [6, 6.07) is 0. The van der Waals surface area contributed by atoms with Crippen LogP contribution in [0.25, 0.3) is 0 Å². The number of fused-ring (bicyclic) bond motifs is 6. The second-order valence-corrected chi connectivity index (χ2v) is 8.86. The van der Waals surface area contributed by atoms with E-state index >= 15 is 0 Å². The average molecular weight is 369 g/mol. The van der Waals surface area contributed by atoms with Crippen LogP contribution in [0.5, 0.6) is 0 Å². The van der Waals surface area contributed by atoms with Crippen molar-refractivity contribution in [2.75, 3.05) is 13.1 Å². The standard InChI is InChI=1S/C19H23N5O3/c25-14(22-5-6-23-13(8-22)20-21-17(23)10-1-2-10)9-24-18(26)15-11-3-4-12(7-11)16(15)19(24)27/h10-12,15-16H,1-9H2/t11-,12+,15-,16+. The highest BCUT2D eigenvalue weighted by Crippen LogP contribution is 2.56. The minimum Gasteiger partial charge on any atom is -0.332 e. The highest BCUT2D eigenvalue weighted by atomic mass is 16.2. The molecule has 3 aliphatic carbocycles. The molecule has 6 rings (SSSR count). The predicted molar refractivity (Wildman–Crippen MR) is 91.9 cm³/mol.